The monoisotopic (exact) mass is 484 g/mol. The third-order valence-corrected chi connectivity index (χ3v) is 5.84. The first kappa shape index (κ1) is 28.2. The van der Waals surface area contributed by atoms with Gasteiger partial charge in [0.25, 0.3) is 0 Å². The van der Waals surface area contributed by atoms with Crippen LogP contribution in [0.2, 0.25) is 0 Å². The SMILES string of the molecule is COc1ccc(COC(=O)CC(CC(=O)OCc2ccc(OC)cc2)(CC(C)C)CC(C)C)cc1. The van der Waals surface area contributed by atoms with Gasteiger partial charge in [-0.15, -0.1) is 0 Å². The normalized spacial score (nSPS) is 11.4. The number of benzene rings is 2. The molecule has 0 saturated carbocycles. The summed E-state index contributed by atoms with van der Waals surface area (Å²) in [6.07, 6.45) is 1.83. The van der Waals surface area contributed by atoms with Crippen LogP contribution < -0.4 is 9.47 Å². The number of hydrogen-bond acceptors (Lipinski definition) is 6. The smallest absolute Gasteiger partial charge is 0.306 e. The molecule has 6 nitrogen and oxygen atoms in total. The van der Waals surface area contributed by atoms with E-state index in [0.717, 1.165) is 35.5 Å². The lowest BCUT2D eigenvalue weighted by molar-refractivity contribution is -0.153. The van der Waals surface area contributed by atoms with Gasteiger partial charge < -0.3 is 18.9 Å². The Hall–Kier alpha value is -3.02. The van der Waals surface area contributed by atoms with Crippen LogP contribution in [0.15, 0.2) is 48.5 Å². The highest BCUT2D eigenvalue weighted by Gasteiger charge is 2.37. The quantitative estimate of drug-likeness (QED) is 0.291. The van der Waals surface area contributed by atoms with E-state index >= 15 is 0 Å². The molecule has 0 aliphatic heterocycles. The number of methoxy groups -OCH3 is 2. The van der Waals surface area contributed by atoms with Gasteiger partial charge in [-0.2, -0.15) is 0 Å². The minimum Gasteiger partial charge on any atom is -0.497 e. The Morgan fingerprint density at radius 1 is 0.657 bits per heavy atom. The maximum Gasteiger partial charge on any atom is 0.306 e. The van der Waals surface area contributed by atoms with Gasteiger partial charge in [0.15, 0.2) is 0 Å². The Balaban J connectivity index is 2.06. The third kappa shape index (κ3) is 10.0. The van der Waals surface area contributed by atoms with Crippen molar-refractivity contribution in [3.8, 4) is 11.5 Å². The van der Waals surface area contributed by atoms with Gasteiger partial charge >= 0.3 is 11.9 Å². The van der Waals surface area contributed by atoms with Crippen LogP contribution in [-0.4, -0.2) is 26.2 Å². The van der Waals surface area contributed by atoms with E-state index in [4.69, 9.17) is 18.9 Å². The van der Waals surface area contributed by atoms with Crippen LogP contribution in [-0.2, 0) is 32.3 Å². The highest BCUT2D eigenvalue weighted by Crippen LogP contribution is 2.41. The zero-order chi connectivity index (χ0) is 25.8. The molecule has 2 rings (SSSR count). The lowest BCUT2D eigenvalue weighted by Gasteiger charge is -2.35. The molecule has 0 saturated heterocycles. The van der Waals surface area contributed by atoms with Crippen LogP contribution in [0, 0.1) is 17.3 Å². The number of carbonyl (C=O) groups is 2. The molecule has 0 unspecified atom stereocenters. The van der Waals surface area contributed by atoms with Crippen molar-refractivity contribution in [3.05, 3.63) is 59.7 Å². The van der Waals surface area contributed by atoms with E-state index in [2.05, 4.69) is 27.7 Å². The van der Waals surface area contributed by atoms with Gasteiger partial charge in [-0.3, -0.25) is 9.59 Å². The minimum absolute atomic E-state index is 0.178. The van der Waals surface area contributed by atoms with Crippen LogP contribution >= 0.6 is 0 Å². The number of rotatable bonds is 14. The summed E-state index contributed by atoms with van der Waals surface area (Å²) in [6.45, 7) is 8.82. The van der Waals surface area contributed by atoms with Crippen LogP contribution in [0.3, 0.4) is 0 Å². The molecule has 6 heteroatoms. The van der Waals surface area contributed by atoms with Crippen molar-refractivity contribution in [2.75, 3.05) is 14.2 Å². The molecule has 2 aromatic rings. The molecule has 0 aromatic heterocycles. The average Bonchev–Trinajstić information content (AvgIpc) is 2.81. The molecule has 0 fully saturated rings. The fourth-order valence-electron chi connectivity index (χ4n) is 4.65. The molecule has 0 radical (unpaired) electrons. The summed E-state index contributed by atoms with van der Waals surface area (Å²) < 4.78 is 21.6. The van der Waals surface area contributed by atoms with Gasteiger partial charge in [0.1, 0.15) is 24.7 Å². The van der Waals surface area contributed by atoms with Gasteiger partial charge in [0.2, 0.25) is 0 Å². The first-order chi connectivity index (χ1) is 16.6. The summed E-state index contributed by atoms with van der Waals surface area (Å²) in [4.78, 5) is 25.9. The second-order valence-corrected chi connectivity index (χ2v) is 10.1. The van der Waals surface area contributed by atoms with Crippen LogP contribution in [0.4, 0.5) is 0 Å². The fourth-order valence-corrected chi connectivity index (χ4v) is 4.65. The zero-order valence-corrected chi connectivity index (χ0v) is 22.0. The summed E-state index contributed by atoms with van der Waals surface area (Å²) in [6, 6.07) is 14.8. The molecular weight excluding hydrogens is 444 g/mol. The van der Waals surface area contributed by atoms with Gasteiger partial charge in [0, 0.05) is 0 Å². The summed E-state index contributed by atoms with van der Waals surface area (Å²) in [7, 11) is 3.22. The molecule has 0 bridgehead atoms. The van der Waals surface area contributed by atoms with Crippen molar-refractivity contribution in [1.29, 1.82) is 0 Å². The Kier molecular flexibility index (Phi) is 11.1. The molecular formula is C29H40O6. The number of hydrogen-bond donors (Lipinski definition) is 0. The first-order valence-electron chi connectivity index (χ1n) is 12.2. The summed E-state index contributed by atoms with van der Waals surface area (Å²) in [5.74, 6) is 1.53. The largest absolute Gasteiger partial charge is 0.497 e. The average molecular weight is 485 g/mol. The van der Waals surface area contributed by atoms with Crippen molar-refractivity contribution in [3.63, 3.8) is 0 Å². The van der Waals surface area contributed by atoms with Crippen molar-refractivity contribution >= 4 is 11.9 Å². The Morgan fingerprint density at radius 3 is 1.29 bits per heavy atom. The number of ether oxygens (including phenoxy) is 4. The number of carbonyl (C=O) groups excluding carboxylic acids is 2. The van der Waals surface area contributed by atoms with E-state index in [9.17, 15) is 9.59 Å². The molecule has 0 spiro atoms. The first-order valence-corrected chi connectivity index (χ1v) is 12.2. The molecule has 2 aromatic carbocycles. The lowest BCUT2D eigenvalue weighted by Crippen LogP contribution is -2.32. The van der Waals surface area contributed by atoms with Crippen LogP contribution in [0.1, 0.15) is 64.5 Å². The summed E-state index contributed by atoms with van der Waals surface area (Å²) in [5.41, 5.74) is 1.25. The second kappa shape index (κ2) is 13.8. The van der Waals surface area contributed by atoms with Crippen molar-refractivity contribution < 1.29 is 28.5 Å². The Morgan fingerprint density at radius 2 is 1.00 bits per heavy atom. The Labute approximate surface area is 209 Å². The van der Waals surface area contributed by atoms with Crippen molar-refractivity contribution in [2.24, 2.45) is 17.3 Å². The predicted molar refractivity (Wildman–Crippen MR) is 136 cm³/mol. The molecule has 0 N–H and O–H groups in total. The summed E-state index contributed by atoms with van der Waals surface area (Å²) >= 11 is 0. The third-order valence-electron chi connectivity index (χ3n) is 5.84. The van der Waals surface area contributed by atoms with Gasteiger partial charge in [-0.25, -0.2) is 0 Å². The van der Waals surface area contributed by atoms with E-state index in [-0.39, 0.29) is 38.0 Å². The maximum absolute atomic E-state index is 12.9. The van der Waals surface area contributed by atoms with Crippen molar-refractivity contribution in [2.45, 2.75) is 66.6 Å². The van der Waals surface area contributed by atoms with Gasteiger partial charge in [-0.05, 0) is 65.5 Å². The van der Waals surface area contributed by atoms with Crippen LogP contribution in [0.5, 0.6) is 11.5 Å². The van der Waals surface area contributed by atoms with E-state index in [1.54, 1.807) is 14.2 Å². The van der Waals surface area contributed by atoms with E-state index < -0.39 is 5.41 Å². The summed E-state index contributed by atoms with van der Waals surface area (Å²) in [5, 5.41) is 0. The molecule has 0 aliphatic carbocycles. The van der Waals surface area contributed by atoms with E-state index in [1.807, 2.05) is 48.5 Å². The molecule has 35 heavy (non-hydrogen) atoms. The molecule has 0 heterocycles. The minimum atomic E-state index is -0.518. The molecule has 0 aliphatic rings. The number of esters is 2. The maximum atomic E-state index is 12.9. The standard InChI is InChI=1S/C29H40O6/c1-21(2)15-29(16-22(3)4,17-27(30)34-19-23-7-11-25(32-5)12-8-23)18-28(31)35-20-24-9-13-26(33-6)14-10-24/h7-14,21-22H,15-20H2,1-6H3. The second-order valence-electron chi connectivity index (χ2n) is 10.1. The van der Waals surface area contributed by atoms with Crippen LogP contribution in [0.25, 0.3) is 0 Å². The predicted octanol–water partition coefficient (Wildman–Crippen LogP) is 6.35. The highest BCUT2D eigenvalue weighted by molar-refractivity contribution is 5.74. The zero-order valence-electron chi connectivity index (χ0n) is 22.0. The highest BCUT2D eigenvalue weighted by atomic mass is 16.5. The van der Waals surface area contributed by atoms with E-state index in [1.165, 1.54) is 0 Å². The molecule has 192 valence electrons. The van der Waals surface area contributed by atoms with E-state index in [0.29, 0.717) is 11.8 Å². The van der Waals surface area contributed by atoms with Gasteiger partial charge in [0.05, 0.1) is 27.1 Å². The molecule has 0 amide bonds. The van der Waals surface area contributed by atoms with Gasteiger partial charge in [-0.1, -0.05) is 52.0 Å². The lowest BCUT2D eigenvalue weighted by atomic mass is 9.69. The van der Waals surface area contributed by atoms with Crippen molar-refractivity contribution in [1.82, 2.24) is 0 Å². The fraction of sp³-hybridized carbons (Fsp3) is 0.517. The Bertz CT molecular complexity index is 838. The topological polar surface area (TPSA) is 71.1 Å². The molecule has 0 atom stereocenters.